The Hall–Kier alpha value is -1.64. The Kier molecular flexibility index (Phi) is 5.26. The van der Waals surface area contributed by atoms with E-state index in [9.17, 15) is 9.18 Å². The van der Waals surface area contributed by atoms with Gasteiger partial charge in [-0.2, -0.15) is 0 Å². The Labute approximate surface area is 94.7 Å². The van der Waals surface area contributed by atoms with E-state index in [1.165, 1.54) is 13.0 Å². The van der Waals surface area contributed by atoms with Crippen molar-refractivity contribution in [2.75, 3.05) is 6.61 Å². The van der Waals surface area contributed by atoms with E-state index in [4.69, 9.17) is 4.74 Å². The normalized spacial score (nSPS) is 11.2. The Bertz CT molecular complexity index is 353. The van der Waals surface area contributed by atoms with E-state index in [1.54, 1.807) is 0 Å². The van der Waals surface area contributed by atoms with Gasteiger partial charge in [0, 0.05) is 6.42 Å². The van der Waals surface area contributed by atoms with Crippen LogP contribution in [0.4, 0.5) is 4.39 Å². The number of esters is 1. The molecule has 0 radical (unpaired) electrons. The van der Waals surface area contributed by atoms with Crippen molar-refractivity contribution in [1.29, 1.82) is 0 Å². The molecule has 0 aromatic heterocycles. The maximum Gasteiger partial charge on any atom is 0.310 e. The number of benzene rings is 1. The minimum Gasteiger partial charge on any atom is -0.465 e. The number of carbonyl (C=O) groups excluding carboxylic acids is 1. The zero-order valence-electron chi connectivity index (χ0n) is 9.28. The van der Waals surface area contributed by atoms with Crippen LogP contribution in [0.2, 0.25) is 0 Å². The van der Waals surface area contributed by atoms with E-state index in [2.05, 4.69) is 0 Å². The molecule has 1 aromatic rings. The molecule has 3 heteroatoms. The fourth-order valence-corrected chi connectivity index (χ4v) is 1.24. The van der Waals surface area contributed by atoms with Crippen LogP contribution in [-0.2, 0) is 16.0 Å². The van der Waals surface area contributed by atoms with Gasteiger partial charge in [-0.3, -0.25) is 4.79 Å². The first kappa shape index (κ1) is 12.4. The van der Waals surface area contributed by atoms with Crippen molar-refractivity contribution in [3.05, 3.63) is 47.8 Å². The Morgan fingerprint density at radius 3 is 2.69 bits per heavy atom. The second-order valence-corrected chi connectivity index (χ2v) is 3.46. The second-order valence-electron chi connectivity index (χ2n) is 3.46. The summed E-state index contributed by atoms with van der Waals surface area (Å²) in [6, 6.07) is 9.37. The molecule has 0 spiro atoms. The summed E-state index contributed by atoms with van der Waals surface area (Å²) in [7, 11) is 0. The number of ether oxygens (including phenoxy) is 1. The van der Waals surface area contributed by atoms with Crippen LogP contribution in [0.5, 0.6) is 0 Å². The predicted molar refractivity (Wildman–Crippen MR) is 60.6 cm³/mol. The maximum atomic E-state index is 12.3. The molecule has 0 aliphatic rings. The molecule has 1 aromatic carbocycles. The van der Waals surface area contributed by atoms with Crippen molar-refractivity contribution >= 4 is 5.97 Å². The van der Waals surface area contributed by atoms with E-state index < -0.39 is 0 Å². The molecular weight excluding hydrogens is 207 g/mol. The van der Waals surface area contributed by atoms with E-state index in [0.717, 1.165) is 5.56 Å². The Morgan fingerprint density at radius 1 is 1.38 bits per heavy atom. The number of carbonyl (C=O) groups is 1. The van der Waals surface area contributed by atoms with E-state index in [-0.39, 0.29) is 24.8 Å². The SMILES string of the molecule is C/C(F)=C/CCOC(=O)Cc1ccccc1. The Morgan fingerprint density at radius 2 is 2.06 bits per heavy atom. The van der Waals surface area contributed by atoms with E-state index in [1.807, 2.05) is 30.3 Å². The maximum absolute atomic E-state index is 12.3. The monoisotopic (exact) mass is 222 g/mol. The summed E-state index contributed by atoms with van der Waals surface area (Å²) in [6.07, 6.45) is 2.08. The lowest BCUT2D eigenvalue weighted by Crippen LogP contribution is -2.08. The molecule has 86 valence electrons. The molecule has 0 saturated heterocycles. The van der Waals surface area contributed by atoms with Gasteiger partial charge < -0.3 is 4.74 Å². The lowest BCUT2D eigenvalue weighted by atomic mass is 10.2. The van der Waals surface area contributed by atoms with Gasteiger partial charge in [0.05, 0.1) is 18.9 Å². The van der Waals surface area contributed by atoms with Gasteiger partial charge in [-0.05, 0) is 18.6 Å². The molecule has 0 saturated carbocycles. The van der Waals surface area contributed by atoms with Crippen LogP contribution in [-0.4, -0.2) is 12.6 Å². The average Bonchev–Trinajstić information content (AvgIpc) is 2.25. The molecule has 0 heterocycles. The first-order valence-corrected chi connectivity index (χ1v) is 5.20. The third-order valence-corrected chi connectivity index (χ3v) is 2.00. The largest absolute Gasteiger partial charge is 0.465 e. The molecule has 16 heavy (non-hydrogen) atoms. The first-order chi connectivity index (χ1) is 7.68. The van der Waals surface area contributed by atoms with E-state index in [0.29, 0.717) is 6.42 Å². The lowest BCUT2D eigenvalue weighted by Gasteiger charge is -2.02. The summed E-state index contributed by atoms with van der Waals surface area (Å²) in [6.45, 7) is 1.60. The summed E-state index contributed by atoms with van der Waals surface area (Å²) >= 11 is 0. The highest BCUT2D eigenvalue weighted by Crippen LogP contribution is 2.02. The third kappa shape index (κ3) is 5.29. The number of allylic oxidation sites excluding steroid dienone is 1. The molecule has 2 nitrogen and oxygen atoms in total. The van der Waals surface area contributed by atoms with Gasteiger partial charge >= 0.3 is 5.97 Å². The number of hydrogen-bond donors (Lipinski definition) is 0. The minimum atomic E-state index is -0.281. The van der Waals surface area contributed by atoms with Crippen LogP contribution in [0.3, 0.4) is 0 Å². The van der Waals surface area contributed by atoms with Gasteiger partial charge in [-0.1, -0.05) is 30.3 Å². The predicted octanol–water partition coefficient (Wildman–Crippen LogP) is 3.04. The van der Waals surface area contributed by atoms with Crippen molar-refractivity contribution in [1.82, 2.24) is 0 Å². The molecule has 0 aliphatic heterocycles. The van der Waals surface area contributed by atoms with Crippen molar-refractivity contribution in [2.24, 2.45) is 0 Å². The van der Waals surface area contributed by atoms with Crippen molar-refractivity contribution in [3.63, 3.8) is 0 Å². The highest BCUT2D eigenvalue weighted by Gasteiger charge is 2.03. The number of rotatable bonds is 5. The van der Waals surface area contributed by atoms with Crippen LogP contribution in [0.15, 0.2) is 42.2 Å². The van der Waals surface area contributed by atoms with Crippen LogP contribution in [0.1, 0.15) is 18.9 Å². The summed E-state index contributed by atoms with van der Waals surface area (Å²) < 4.78 is 17.2. The highest BCUT2D eigenvalue weighted by molar-refractivity contribution is 5.72. The molecule has 0 unspecified atom stereocenters. The highest BCUT2D eigenvalue weighted by atomic mass is 19.1. The molecule has 0 atom stereocenters. The molecule has 0 amide bonds. The number of hydrogen-bond acceptors (Lipinski definition) is 2. The summed E-state index contributed by atoms with van der Waals surface area (Å²) in [5.74, 6) is -0.532. The zero-order chi connectivity index (χ0) is 11.8. The van der Waals surface area contributed by atoms with Crippen molar-refractivity contribution in [3.8, 4) is 0 Å². The fourth-order valence-electron chi connectivity index (χ4n) is 1.24. The quantitative estimate of drug-likeness (QED) is 0.565. The van der Waals surface area contributed by atoms with Crippen molar-refractivity contribution in [2.45, 2.75) is 19.8 Å². The van der Waals surface area contributed by atoms with Crippen molar-refractivity contribution < 1.29 is 13.9 Å². The van der Waals surface area contributed by atoms with Gasteiger partial charge in [-0.25, -0.2) is 4.39 Å². The third-order valence-electron chi connectivity index (χ3n) is 2.00. The number of halogens is 1. The molecule has 0 bridgehead atoms. The summed E-state index contributed by atoms with van der Waals surface area (Å²) in [5, 5.41) is 0. The van der Waals surface area contributed by atoms with Gasteiger partial charge in [0.25, 0.3) is 0 Å². The first-order valence-electron chi connectivity index (χ1n) is 5.20. The summed E-state index contributed by atoms with van der Waals surface area (Å²) in [4.78, 5) is 11.3. The zero-order valence-corrected chi connectivity index (χ0v) is 9.28. The topological polar surface area (TPSA) is 26.3 Å². The molecular formula is C13H15FO2. The van der Waals surface area contributed by atoms with Gasteiger partial charge in [-0.15, -0.1) is 0 Å². The fraction of sp³-hybridized carbons (Fsp3) is 0.308. The summed E-state index contributed by atoms with van der Waals surface area (Å²) in [5.41, 5.74) is 0.921. The van der Waals surface area contributed by atoms with Gasteiger partial charge in [0.15, 0.2) is 0 Å². The standard InChI is InChI=1S/C13H15FO2/c1-11(14)6-5-9-16-13(15)10-12-7-3-2-4-8-12/h2-4,6-8H,5,9-10H2,1H3/b11-6-. The van der Waals surface area contributed by atoms with Gasteiger partial charge in [0.2, 0.25) is 0 Å². The van der Waals surface area contributed by atoms with Crippen LogP contribution in [0.25, 0.3) is 0 Å². The molecule has 0 N–H and O–H groups in total. The van der Waals surface area contributed by atoms with Crippen LogP contribution >= 0.6 is 0 Å². The van der Waals surface area contributed by atoms with Crippen LogP contribution in [0, 0.1) is 0 Å². The molecule has 1 rings (SSSR count). The molecule has 0 aliphatic carbocycles. The lowest BCUT2D eigenvalue weighted by molar-refractivity contribution is -0.142. The van der Waals surface area contributed by atoms with Crippen LogP contribution < -0.4 is 0 Å². The smallest absolute Gasteiger partial charge is 0.310 e. The Balaban J connectivity index is 2.24. The minimum absolute atomic E-state index is 0.229. The van der Waals surface area contributed by atoms with Gasteiger partial charge in [0.1, 0.15) is 0 Å². The van der Waals surface area contributed by atoms with E-state index >= 15 is 0 Å². The molecule has 0 fully saturated rings. The average molecular weight is 222 g/mol. The second kappa shape index (κ2) is 6.77.